The number of hydrogen-bond acceptors (Lipinski definition) is 15. The summed E-state index contributed by atoms with van der Waals surface area (Å²) in [6.45, 7) is 9.56. The first kappa shape index (κ1) is 97.1. The van der Waals surface area contributed by atoms with Crippen LogP contribution in [0.2, 0.25) is 0 Å². The Morgan fingerprint density at radius 2 is 0.465 bits per heavy atom. The van der Waals surface area contributed by atoms with Crippen LogP contribution in [0.15, 0.2) is 0 Å². The monoisotopic (exact) mass is 1450 g/mol. The van der Waals surface area contributed by atoms with Crippen molar-refractivity contribution in [3.05, 3.63) is 0 Å². The van der Waals surface area contributed by atoms with Gasteiger partial charge in [0.05, 0.1) is 26.4 Å². The summed E-state index contributed by atoms with van der Waals surface area (Å²) < 4.78 is 68.7. The third kappa shape index (κ3) is 74.1. The fourth-order valence-corrected chi connectivity index (χ4v) is 13.9. The molecule has 0 aliphatic carbocycles. The molecule has 0 saturated heterocycles. The fourth-order valence-electron chi connectivity index (χ4n) is 12.4. The number of carbonyl (C=O) groups excluding carboxylic acids is 4. The molecular weight excluding hydrogens is 1290 g/mol. The average Bonchev–Trinajstić information content (AvgIpc) is 0.973. The maximum Gasteiger partial charge on any atom is 0.472 e. The number of esters is 4. The first-order valence-corrected chi connectivity index (χ1v) is 44.5. The summed E-state index contributed by atoms with van der Waals surface area (Å²) in [5.74, 6) is -0.654. The van der Waals surface area contributed by atoms with Crippen LogP contribution in [-0.4, -0.2) is 96.7 Å². The Bertz CT molecular complexity index is 1910. The molecule has 0 heterocycles. The van der Waals surface area contributed by atoms with Crippen molar-refractivity contribution in [2.45, 2.75) is 439 Å². The normalized spacial score (nSPS) is 13.9. The first-order chi connectivity index (χ1) is 47.9. The van der Waals surface area contributed by atoms with Crippen LogP contribution in [0, 0.1) is 11.8 Å². The largest absolute Gasteiger partial charge is 0.472 e. The third-order valence-corrected chi connectivity index (χ3v) is 20.6. The van der Waals surface area contributed by atoms with E-state index in [-0.39, 0.29) is 25.7 Å². The molecule has 0 aliphatic heterocycles. The number of unbranched alkanes of at least 4 members (excludes halogenated alkanes) is 49. The summed E-state index contributed by atoms with van der Waals surface area (Å²) in [6, 6.07) is 0. The van der Waals surface area contributed by atoms with Gasteiger partial charge in [-0.3, -0.25) is 37.3 Å². The molecule has 0 radical (unpaired) electrons. The van der Waals surface area contributed by atoms with E-state index in [4.69, 9.17) is 37.0 Å². The minimum atomic E-state index is -4.96. The molecule has 99 heavy (non-hydrogen) atoms. The molecular formula is C80H156O17P2. The van der Waals surface area contributed by atoms with Gasteiger partial charge in [-0.05, 0) is 37.5 Å². The van der Waals surface area contributed by atoms with Gasteiger partial charge < -0.3 is 33.8 Å². The van der Waals surface area contributed by atoms with Crippen LogP contribution in [0.25, 0.3) is 0 Å². The lowest BCUT2D eigenvalue weighted by atomic mass is 10.0. The lowest BCUT2D eigenvalue weighted by Gasteiger charge is -2.21. The molecule has 0 aromatic carbocycles. The molecule has 0 amide bonds. The van der Waals surface area contributed by atoms with Gasteiger partial charge in [0.2, 0.25) is 0 Å². The predicted octanol–water partition coefficient (Wildman–Crippen LogP) is 23.9. The Hall–Kier alpha value is -1.94. The molecule has 3 N–H and O–H groups in total. The van der Waals surface area contributed by atoms with Crippen molar-refractivity contribution in [2.24, 2.45) is 11.8 Å². The molecule has 17 nitrogen and oxygen atoms in total. The van der Waals surface area contributed by atoms with E-state index in [9.17, 15) is 43.2 Å². The highest BCUT2D eigenvalue weighted by Gasteiger charge is 2.30. The lowest BCUT2D eigenvalue weighted by Crippen LogP contribution is -2.30. The Labute approximate surface area is 607 Å². The topological polar surface area (TPSA) is 237 Å². The predicted molar refractivity (Wildman–Crippen MR) is 405 cm³/mol. The third-order valence-electron chi connectivity index (χ3n) is 18.7. The summed E-state index contributed by atoms with van der Waals surface area (Å²) in [7, 11) is -9.92. The van der Waals surface area contributed by atoms with E-state index in [1.165, 1.54) is 231 Å². The first-order valence-electron chi connectivity index (χ1n) is 41.5. The molecule has 2 unspecified atom stereocenters. The van der Waals surface area contributed by atoms with E-state index in [0.29, 0.717) is 31.6 Å². The summed E-state index contributed by atoms with van der Waals surface area (Å²) in [4.78, 5) is 73.0. The molecule has 0 bridgehead atoms. The van der Waals surface area contributed by atoms with Crippen LogP contribution in [-0.2, 0) is 65.4 Å². The quantitative estimate of drug-likeness (QED) is 0.0222. The Morgan fingerprint density at radius 3 is 0.687 bits per heavy atom. The minimum Gasteiger partial charge on any atom is -0.462 e. The van der Waals surface area contributed by atoms with Crippen molar-refractivity contribution < 1.29 is 80.2 Å². The number of phosphoric ester groups is 2. The van der Waals surface area contributed by atoms with Crippen LogP contribution in [0.3, 0.4) is 0 Å². The van der Waals surface area contributed by atoms with Gasteiger partial charge in [0, 0.05) is 25.7 Å². The van der Waals surface area contributed by atoms with Gasteiger partial charge in [0.15, 0.2) is 12.2 Å². The van der Waals surface area contributed by atoms with E-state index < -0.39 is 97.5 Å². The van der Waals surface area contributed by atoms with Gasteiger partial charge in [-0.15, -0.1) is 0 Å². The van der Waals surface area contributed by atoms with Gasteiger partial charge in [-0.25, -0.2) is 9.13 Å². The number of phosphoric acid groups is 2. The second-order valence-electron chi connectivity index (χ2n) is 29.8. The molecule has 0 saturated carbocycles. The van der Waals surface area contributed by atoms with E-state index >= 15 is 0 Å². The molecule has 5 atom stereocenters. The van der Waals surface area contributed by atoms with Crippen molar-refractivity contribution in [1.82, 2.24) is 0 Å². The van der Waals surface area contributed by atoms with Gasteiger partial charge >= 0.3 is 39.5 Å². The highest BCUT2D eigenvalue weighted by molar-refractivity contribution is 7.47. The Kier molecular flexibility index (Phi) is 70.3. The second-order valence-corrected chi connectivity index (χ2v) is 32.7. The van der Waals surface area contributed by atoms with Gasteiger partial charge in [0.25, 0.3) is 0 Å². The van der Waals surface area contributed by atoms with Crippen LogP contribution >= 0.6 is 15.6 Å². The van der Waals surface area contributed by atoms with E-state index in [1.807, 2.05) is 0 Å². The minimum absolute atomic E-state index is 0.105. The summed E-state index contributed by atoms with van der Waals surface area (Å²) >= 11 is 0. The zero-order valence-electron chi connectivity index (χ0n) is 64.8. The highest BCUT2D eigenvalue weighted by atomic mass is 31.2. The lowest BCUT2D eigenvalue weighted by molar-refractivity contribution is -0.161. The zero-order chi connectivity index (χ0) is 72.8. The summed E-state index contributed by atoms with van der Waals surface area (Å²) in [6.07, 6.45) is 61.2. The Morgan fingerprint density at radius 1 is 0.273 bits per heavy atom. The number of hydrogen-bond donors (Lipinski definition) is 3. The highest BCUT2D eigenvalue weighted by Crippen LogP contribution is 2.45. The van der Waals surface area contributed by atoms with Gasteiger partial charge in [-0.1, -0.05) is 369 Å². The molecule has 0 rings (SSSR count). The van der Waals surface area contributed by atoms with Gasteiger partial charge in [0.1, 0.15) is 19.3 Å². The van der Waals surface area contributed by atoms with Crippen molar-refractivity contribution in [1.29, 1.82) is 0 Å². The number of ether oxygens (including phenoxy) is 4. The average molecular weight is 1450 g/mol. The van der Waals surface area contributed by atoms with Crippen molar-refractivity contribution in [3.63, 3.8) is 0 Å². The van der Waals surface area contributed by atoms with Crippen molar-refractivity contribution in [3.8, 4) is 0 Å². The zero-order valence-corrected chi connectivity index (χ0v) is 66.6. The van der Waals surface area contributed by atoms with E-state index in [0.717, 1.165) is 102 Å². The van der Waals surface area contributed by atoms with Gasteiger partial charge in [-0.2, -0.15) is 0 Å². The van der Waals surface area contributed by atoms with Crippen LogP contribution in [0.5, 0.6) is 0 Å². The van der Waals surface area contributed by atoms with Crippen LogP contribution < -0.4 is 0 Å². The SMILES string of the molecule is CCCCCCCCCCCCCCCCCCCCC(=O)OC[C@H](COP(=O)(O)OC[C@@H](O)COP(=O)(O)OC[C@@H](COC(=O)CCCCCCCCCC(C)C)OC(=O)CCCCCCCCCCCCC(C)C)OC(=O)CCCCCCCCCCCCCCCCCCCC. The molecule has 588 valence electrons. The molecule has 0 spiro atoms. The van der Waals surface area contributed by atoms with Crippen molar-refractivity contribution >= 4 is 39.5 Å². The smallest absolute Gasteiger partial charge is 0.462 e. The molecule has 0 aromatic heterocycles. The maximum absolute atomic E-state index is 13.1. The standard InChI is InChI=1S/C80H156O17P2/c1-7-9-11-13-15-17-19-21-23-25-27-29-31-33-38-44-50-56-62-77(82)90-68-75(96-79(84)64-58-52-45-39-34-32-30-28-26-24-22-20-18-16-14-12-10-8-2)70-94-98(86,87)92-66-74(81)67-93-99(88,89)95-71-76(69-91-78(83)63-57-51-47-41-43-49-55-61-73(5)6)97-80(85)65-59-53-46-40-36-35-37-42-48-54-60-72(3)4/h72-76,81H,7-71H2,1-6H3,(H,86,87)(H,88,89)/t74-,75-,76-/m1/s1. The molecule has 19 heteroatoms. The number of rotatable bonds is 79. The Balaban J connectivity index is 5.23. The van der Waals surface area contributed by atoms with Crippen LogP contribution in [0.1, 0.15) is 420 Å². The molecule has 0 fully saturated rings. The van der Waals surface area contributed by atoms with Crippen molar-refractivity contribution in [2.75, 3.05) is 39.6 Å². The number of aliphatic hydroxyl groups excluding tert-OH is 1. The van der Waals surface area contributed by atoms with Crippen LogP contribution in [0.4, 0.5) is 0 Å². The summed E-state index contributed by atoms with van der Waals surface area (Å²) in [5.41, 5.74) is 0. The van der Waals surface area contributed by atoms with E-state index in [1.54, 1.807) is 0 Å². The molecule has 0 aromatic rings. The fraction of sp³-hybridized carbons (Fsp3) is 0.950. The molecule has 0 aliphatic rings. The van der Waals surface area contributed by atoms with E-state index in [2.05, 4.69) is 41.5 Å². The summed E-state index contributed by atoms with van der Waals surface area (Å²) in [5, 5.41) is 10.6. The second kappa shape index (κ2) is 71.7. The number of carbonyl (C=O) groups is 4. The maximum atomic E-state index is 13.1. The number of aliphatic hydroxyl groups is 1.